The average Bonchev–Trinajstić information content (AvgIpc) is 2.56. The Morgan fingerprint density at radius 1 is 0.952 bits per heavy atom. The van der Waals surface area contributed by atoms with E-state index >= 15 is 0 Å². The van der Waals surface area contributed by atoms with Crippen molar-refractivity contribution in [2.45, 2.75) is 6.04 Å². The fraction of sp³-hybridized carbons (Fsp3) is 0.353. The number of aromatic nitrogens is 1. The Balaban J connectivity index is 1.94. The average molecular weight is 286 g/mol. The molecule has 21 heavy (non-hydrogen) atoms. The summed E-state index contributed by atoms with van der Waals surface area (Å²) >= 11 is 0. The molecule has 0 amide bonds. The van der Waals surface area contributed by atoms with E-state index in [1.165, 1.54) is 11.1 Å². The van der Waals surface area contributed by atoms with E-state index in [4.69, 9.17) is 9.47 Å². The zero-order chi connectivity index (χ0) is 14.8. The van der Waals surface area contributed by atoms with Crippen molar-refractivity contribution in [2.24, 2.45) is 0 Å². The number of benzene rings is 1. The highest BCUT2D eigenvalue weighted by Crippen LogP contribution is 2.20. The molecular weight excluding hydrogens is 264 g/mol. The zero-order valence-electron chi connectivity index (χ0n) is 12.4. The van der Waals surface area contributed by atoms with E-state index in [0.29, 0.717) is 19.8 Å². The molecule has 1 heterocycles. The van der Waals surface area contributed by atoms with Crippen molar-refractivity contribution in [3.8, 4) is 0 Å². The summed E-state index contributed by atoms with van der Waals surface area (Å²) < 4.78 is 10.5. The van der Waals surface area contributed by atoms with Crippen LogP contribution in [0.4, 0.5) is 0 Å². The summed E-state index contributed by atoms with van der Waals surface area (Å²) in [5.74, 6) is 0. The van der Waals surface area contributed by atoms with Gasteiger partial charge < -0.3 is 14.8 Å². The van der Waals surface area contributed by atoms with E-state index in [1.807, 2.05) is 30.6 Å². The number of nitrogens with zero attached hydrogens (tertiary/aromatic N) is 1. The van der Waals surface area contributed by atoms with Crippen LogP contribution in [0.2, 0.25) is 0 Å². The first-order valence-corrected chi connectivity index (χ1v) is 7.16. The molecule has 0 radical (unpaired) electrons. The molecule has 1 aromatic heterocycles. The summed E-state index contributed by atoms with van der Waals surface area (Å²) in [5, 5.41) is 3.54. The van der Waals surface area contributed by atoms with E-state index < -0.39 is 0 Å². The fourth-order valence-electron chi connectivity index (χ4n) is 2.15. The normalized spacial score (nSPS) is 12.2. The first kappa shape index (κ1) is 15.6. The Kier molecular flexibility index (Phi) is 6.88. The van der Waals surface area contributed by atoms with E-state index in [-0.39, 0.29) is 6.04 Å². The number of pyridine rings is 1. The van der Waals surface area contributed by atoms with Gasteiger partial charge in [0.15, 0.2) is 0 Å². The summed E-state index contributed by atoms with van der Waals surface area (Å²) in [6.45, 7) is 2.71. The van der Waals surface area contributed by atoms with Gasteiger partial charge >= 0.3 is 0 Å². The van der Waals surface area contributed by atoms with Crippen LogP contribution in [0.15, 0.2) is 54.9 Å². The van der Waals surface area contributed by atoms with Gasteiger partial charge in [0.05, 0.1) is 25.9 Å². The van der Waals surface area contributed by atoms with Gasteiger partial charge in [0.2, 0.25) is 0 Å². The lowest BCUT2D eigenvalue weighted by atomic mass is 10.00. The lowest BCUT2D eigenvalue weighted by Crippen LogP contribution is -2.26. The predicted octanol–water partition coefficient (Wildman–Crippen LogP) is 2.42. The lowest BCUT2D eigenvalue weighted by Gasteiger charge is -2.19. The summed E-state index contributed by atoms with van der Waals surface area (Å²) in [4.78, 5) is 4.09. The molecule has 112 valence electrons. The van der Waals surface area contributed by atoms with Crippen molar-refractivity contribution in [3.05, 3.63) is 66.0 Å². The Labute approximate surface area is 126 Å². The van der Waals surface area contributed by atoms with Crippen LogP contribution >= 0.6 is 0 Å². The van der Waals surface area contributed by atoms with Crippen LogP contribution in [0, 0.1) is 0 Å². The van der Waals surface area contributed by atoms with Gasteiger partial charge in [-0.1, -0.05) is 30.3 Å². The summed E-state index contributed by atoms with van der Waals surface area (Å²) in [6, 6.07) is 14.6. The second kappa shape index (κ2) is 9.23. The lowest BCUT2D eigenvalue weighted by molar-refractivity contribution is 0.0714. The third-order valence-electron chi connectivity index (χ3n) is 3.20. The second-order valence-corrected chi connectivity index (χ2v) is 4.68. The Hall–Kier alpha value is -1.75. The quantitative estimate of drug-likeness (QED) is 0.719. The minimum atomic E-state index is 0.153. The summed E-state index contributed by atoms with van der Waals surface area (Å²) in [7, 11) is 1.68. The van der Waals surface area contributed by atoms with Crippen molar-refractivity contribution >= 4 is 0 Å². The fourth-order valence-corrected chi connectivity index (χ4v) is 2.15. The van der Waals surface area contributed by atoms with Crippen molar-refractivity contribution in [2.75, 3.05) is 33.5 Å². The first-order valence-electron chi connectivity index (χ1n) is 7.16. The molecule has 0 aliphatic rings. The number of methoxy groups -OCH3 is 1. The zero-order valence-corrected chi connectivity index (χ0v) is 12.4. The Bertz CT molecular complexity index is 451. The van der Waals surface area contributed by atoms with E-state index in [9.17, 15) is 0 Å². The molecule has 1 unspecified atom stereocenters. The second-order valence-electron chi connectivity index (χ2n) is 4.68. The molecule has 0 fully saturated rings. The topological polar surface area (TPSA) is 43.4 Å². The maximum Gasteiger partial charge on any atom is 0.0700 e. The molecule has 2 aromatic rings. The molecule has 4 heteroatoms. The molecule has 0 saturated heterocycles. The predicted molar refractivity (Wildman–Crippen MR) is 83.2 cm³/mol. The van der Waals surface area contributed by atoms with Gasteiger partial charge in [-0.15, -0.1) is 0 Å². The van der Waals surface area contributed by atoms with Crippen molar-refractivity contribution < 1.29 is 9.47 Å². The standard InChI is InChI=1S/C17H22N2O2/c1-20-13-14-21-12-11-19-17(15-5-3-2-4-6-15)16-7-9-18-10-8-16/h2-10,17,19H,11-14H2,1H3. The van der Waals surface area contributed by atoms with Crippen LogP contribution in [0.25, 0.3) is 0 Å². The Morgan fingerprint density at radius 3 is 2.38 bits per heavy atom. The van der Waals surface area contributed by atoms with Gasteiger partial charge in [0, 0.05) is 26.0 Å². The van der Waals surface area contributed by atoms with Crippen molar-refractivity contribution in [1.82, 2.24) is 10.3 Å². The van der Waals surface area contributed by atoms with Gasteiger partial charge in [-0.2, -0.15) is 0 Å². The monoisotopic (exact) mass is 286 g/mol. The molecule has 0 aliphatic carbocycles. The van der Waals surface area contributed by atoms with Crippen LogP contribution in [0.1, 0.15) is 17.2 Å². The van der Waals surface area contributed by atoms with Crippen molar-refractivity contribution in [3.63, 3.8) is 0 Å². The molecule has 0 aliphatic heterocycles. The highest BCUT2D eigenvalue weighted by molar-refractivity contribution is 5.30. The molecule has 0 saturated carbocycles. The van der Waals surface area contributed by atoms with E-state index in [1.54, 1.807) is 7.11 Å². The van der Waals surface area contributed by atoms with E-state index in [0.717, 1.165) is 6.54 Å². The number of ether oxygens (including phenoxy) is 2. The van der Waals surface area contributed by atoms with Gasteiger partial charge in [-0.05, 0) is 23.3 Å². The van der Waals surface area contributed by atoms with Gasteiger partial charge in [-0.25, -0.2) is 0 Å². The minimum Gasteiger partial charge on any atom is -0.382 e. The summed E-state index contributed by atoms with van der Waals surface area (Å²) in [6.07, 6.45) is 3.64. The SMILES string of the molecule is COCCOCCNC(c1ccccc1)c1ccncc1. The summed E-state index contributed by atoms with van der Waals surface area (Å²) in [5.41, 5.74) is 2.44. The number of hydrogen-bond donors (Lipinski definition) is 1. The Morgan fingerprint density at radius 2 is 1.67 bits per heavy atom. The molecular formula is C17H22N2O2. The van der Waals surface area contributed by atoms with Crippen LogP contribution in [-0.2, 0) is 9.47 Å². The molecule has 1 atom stereocenters. The maximum atomic E-state index is 5.50. The maximum absolute atomic E-state index is 5.50. The largest absolute Gasteiger partial charge is 0.382 e. The molecule has 0 bridgehead atoms. The van der Waals surface area contributed by atoms with Crippen LogP contribution in [0.3, 0.4) is 0 Å². The van der Waals surface area contributed by atoms with Crippen molar-refractivity contribution in [1.29, 1.82) is 0 Å². The highest BCUT2D eigenvalue weighted by atomic mass is 16.5. The first-order chi connectivity index (χ1) is 10.4. The third kappa shape index (κ3) is 5.27. The van der Waals surface area contributed by atoms with Crippen LogP contribution in [-0.4, -0.2) is 38.5 Å². The molecule has 1 aromatic carbocycles. The molecule has 1 N–H and O–H groups in total. The van der Waals surface area contributed by atoms with Gasteiger partial charge in [0.25, 0.3) is 0 Å². The van der Waals surface area contributed by atoms with Crippen LogP contribution in [0.5, 0.6) is 0 Å². The molecule has 4 nitrogen and oxygen atoms in total. The van der Waals surface area contributed by atoms with Gasteiger partial charge in [0.1, 0.15) is 0 Å². The number of hydrogen-bond acceptors (Lipinski definition) is 4. The minimum absolute atomic E-state index is 0.153. The van der Waals surface area contributed by atoms with E-state index in [2.05, 4.69) is 34.6 Å². The molecule has 2 rings (SSSR count). The third-order valence-corrected chi connectivity index (χ3v) is 3.20. The van der Waals surface area contributed by atoms with Gasteiger partial charge in [-0.3, -0.25) is 4.98 Å². The highest BCUT2D eigenvalue weighted by Gasteiger charge is 2.12. The molecule has 0 spiro atoms. The number of rotatable bonds is 9. The smallest absolute Gasteiger partial charge is 0.0700 e. The van der Waals surface area contributed by atoms with Crippen LogP contribution < -0.4 is 5.32 Å². The number of nitrogens with one attached hydrogen (secondary N) is 1.